The molecule has 0 radical (unpaired) electrons. The predicted octanol–water partition coefficient (Wildman–Crippen LogP) is 4.92. The summed E-state index contributed by atoms with van der Waals surface area (Å²) in [7, 11) is 0. The number of fused-ring (bicyclic) bond motifs is 1. The Kier molecular flexibility index (Phi) is 9.29. The molecule has 0 spiro atoms. The molecule has 0 bridgehead atoms. The monoisotopic (exact) mass is 669 g/mol. The zero-order chi connectivity index (χ0) is 33.8. The number of rotatable bonds is 10. The quantitative estimate of drug-likeness (QED) is 0.160. The van der Waals surface area contributed by atoms with Crippen molar-refractivity contribution in [3.8, 4) is 27.6 Å². The third-order valence-electron chi connectivity index (χ3n) is 7.15. The molecule has 14 heteroatoms. The molecule has 0 aliphatic rings. The number of carbonyl (C=O) groups excluding carboxylic acids is 2. The number of anilines is 1. The van der Waals surface area contributed by atoms with E-state index >= 15 is 4.39 Å². The summed E-state index contributed by atoms with van der Waals surface area (Å²) in [5.74, 6) is -2.25. The Morgan fingerprint density at radius 3 is 2.33 bits per heavy atom. The van der Waals surface area contributed by atoms with E-state index < -0.39 is 35.0 Å². The molecule has 48 heavy (non-hydrogen) atoms. The van der Waals surface area contributed by atoms with Crippen molar-refractivity contribution in [2.45, 2.75) is 6.04 Å². The number of nitrogens with one attached hydrogen (secondary N) is 2. The number of aliphatic hydroxyl groups is 2. The van der Waals surface area contributed by atoms with Crippen LogP contribution in [0.15, 0.2) is 102 Å². The second-order valence-corrected chi connectivity index (χ2v) is 11.4. The Morgan fingerprint density at radius 1 is 0.875 bits per heavy atom. The maximum Gasteiger partial charge on any atom is 0.284 e. The average Bonchev–Trinajstić information content (AvgIpc) is 3.54. The number of aromatic nitrogens is 3. The molecule has 0 aliphatic carbocycles. The molecular formula is C34H25F2N5O6S. The summed E-state index contributed by atoms with van der Waals surface area (Å²) in [4.78, 5) is 43.5. The minimum atomic E-state index is -0.790. The van der Waals surface area contributed by atoms with Crippen LogP contribution in [0.5, 0.6) is 11.5 Å². The highest BCUT2D eigenvalue weighted by atomic mass is 32.1. The first-order valence-electron chi connectivity index (χ1n) is 14.4. The highest BCUT2D eigenvalue weighted by Gasteiger charge is 2.18. The van der Waals surface area contributed by atoms with Gasteiger partial charge in [0.05, 0.1) is 35.2 Å². The molecule has 0 saturated heterocycles. The largest absolute Gasteiger partial charge is 0.453 e. The maximum absolute atomic E-state index is 15.2. The Bertz CT molecular complexity index is 2180. The summed E-state index contributed by atoms with van der Waals surface area (Å²) >= 11 is 1.36. The van der Waals surface area contributed by atoms with Gasteiger partial charge in [0.1, 0.15) is 17.1 Å². The number of carbonyl (C=O) groups is 2. The van der Waals surface area contributed by atoms with Crippen LogP contribution in [0.4, 0.5) is 14.5 Å². The molecule has 0 aliphatic heterocycles. The summed E-state index contributed by atoms with van der Waals surface area (Å²) in [6.07, 6.45) is 2.78. The first kappa shape index (κ1) is 32.1. The normalized spacial score (nSPS) is 11.1. The van der Waals surface area contributed by atoms with Gasteiger partial charge in [0.2, 0.25) is 0 Å². The summed E-state index contributed by atoms with van der Waals surface area (Å²) in [5, 5.41) is 27.4. The molecule has 0 unspecified atom stereocenters. The van der Waals surface area contributed by atoms with Crippen molar-refractivity contribution >= 4 is 39.1 Å². The van der Waals surface area contributed by atoms with E-state index in [9.17, 15) is 29.0 Å². The first-order chi connectivity index (χ1) is 23.2. The number of hydrogen-bond acceptors (Lipinski definition) is 9. The van der Waals surface area contributed by atoms with Gasteiger partial charge < -0.3 is 25.6 Å². The van der Waals surface area contributed by atoms with Gasteiger partial charge in [-0.15, -0.1) is 11.3 Å². The van der Waals surface area contributed by atoms with Gasteiger partial charge in [-0.05, 0) is 66.2 Å². The fourth-order valence-electron chi connectivity index (χ4n) is 4.67. The van der Waals surface area contributed by atoms with Gasteiger partial charge in [0.25, 0.3) is 17.4 Å². The first-order valence-corrected chi connectivity index (χ1v) is 15.2. The van der Waals surface area contributed by atoms with E-state index in [1.807, 2.05) is 6.07 Å². The van der Waals surface area contributed by atoms with Crippen LogP contribution >= 0.6 is 11.3 Å². The lowest BCUT2D eigenvalue weighted by Gasteiger charge is -2.13. The van der Waals surface area contributed by atoms with Gasteiger partial charge in [-0.1, -0.05) is 12.1 Å². The van der Waals surface area contributed by atoms with Crippen LogP contribution in [0.25, 0.3) is 26.3 Å². The molecular weight excluding hydrogens is 644 g/mol. The number of thiophene rings is 1. The van der Waals surface area contributed by atoms with Crippen LogP contribution in [0.2, 0.25) is 0 Å². The summed E-state index contributed by atoms with van der Waals surface area (Å²) in [6.45, 7) is -0.776. The Hall–Kier alpha value is -5.83. The highest BCUT2D eigenvalue weighted by Crippen LogP contribution is 2.39. The number of pyridine rings is 1. The maximum atomic E-state index is 15.2. The summed E-state index contributed by atoms with van der Waals surface area (Å²) < 4.78 is 36.1. The second-order valence-electron chi connectivity index (χ2n) is 10.4. The van der Waals surface area contributed by atoms with Gasteiger partial charge in [-0.3, -0.25) is 19.4 Å². The second kappa shape index (κ2) is 13.9. The van der Waals surface area contributed by atoms with Crippen molar-refractivity contribution in [1.82, 2.24) is 20.1 Å². The molecule has 242 valence electrons. The van der Waals surface area contributed by atoms with Crippen LogP contribution < -0.4 is 20.9 Å². The van der Waals surface area contributed by atoms with E-state index in [-0.39, 0.29) is 35.9 Å². The van der Waals surface area contributed by atoms with Gasteiger partial charge in [-0.25, -0.2) is 8.78 Å². The molecule has 0 saturated carbocycles. The topological polar surface area (TPSA) is 156 Å². The van der Waals surface area contributed by atoms with Crippen molar-refractivity contribution in [3.05, 3.63) is 130 Å². The molecule has 11 nitrogen and oxygen atoms in total. The van der Waals surface area contributed by atoms with E-state index in [0.29, 0.717) is 21.5 Å². The molecule has 3 aromatic carbocycles. The molecule has 0 fully saturated rings. The lowest BCUT2D eigenvalue weighted by Crippen LogP contribution is -2.40. The van der Waals surface area contributed by atoms with Crippen molar-refractivity contribution in [2.24, 2.45) is 0 Å². The van der Waals surface area contributed by atoms with E-state index in [1.165, 1.54) is 54.1 Å². The smallest absolute Gasteiger partial charge is 0.284 e. The van der Waals surface area contributed by atoms with Gasteiger partial charge in [-0.2, -0.15) is 9.78 Å². The van der Waals surface area contributed by atoms with Crippen molar-refractivity contribution in [3.63, 3.8) is 0 Å². The number of ether oxygens (including phenoxy) is 1. The van der Waals surface area contributed by atoms with Gasteiger partial charge in [0.15, 0.2) is 11.6 Å². The van der Waals surface area contributed by atoms with Crippen LogP contribution in [0.3, 0.4) is 0 Å². The standard InChI is InChI=1S/C34H25F2N5O6S/c35-21-5-8-24(9-6-21)41-34(46)25(11-14-38-41)33(45)39-22-7-10-28(26(36)15-22)47-29-12-13-37-27-16-30(48-31(27)29)19-1-3-20(4-2-19)32(44)40-23(17-42)18-43/h1-16,23,42-43H,17-18H2,(H,39,45)(H,40,44). The van der Waals surface area contributed by atoms with Crippen molar-refractivity contribution in [2.75, 3.05) is 18.5 Å². The number of nitrogens with zero attached hydrogens (tertiary/aromatic N) is 3. The predicted molar refractivity (Wildman–Crippen MR) is 175 cm³/mol. The third-order valence-corrected chi connectivity index (χ3v) is 8.34. The number of hydrogen-bond donors (Lipinski definition) is 4. The molecule has 4 N–H and O–H groups in total. The number of benzene rings is 3. The molecule has 3 heterocycles. The molecule has 6 aromatic rings. The van der Waals surface area contributed by atoms with Gasteiger partial charge in [0, 0.05) is 40.7 Å². The van der Waals surface area contributed by atoms with E-state index in [2.05, 4.69) is 20.7 Å². The third kappa shape index (κ3) is 6.80. The highest BCUT2D eigenvalue weighted by molar-refractivity contribution is 7.22. The van der Waals surface area contributed by atoms with Crippen LogP contribution in [0, 0.1) is 11.6 Å². The van der Waals surface area contributed by atoms with Crippen LogP contribution in [-0.2, 0) is 0 Å². The Morgan fingerprint density at radius 2 is 1.62 bits per heavy atom. The van der Waals surface area contributed by atoms with Crippen LogP contribution in [-0.4, -0.2) is 56.0 Å². The van der Waals surface area contributed by atoms with E-state index in [1.54, 1.807) is 30.3 Å². The zero-order valence-electron chi connectivity index (χ0n) is 24.8. The Balaban J connectivity index is 1.17. The Labute approximate surface area is 274 Å². The van der Waals surface area contributed by atoms with E-state index in [4.69, 9.17) is 4.74 Å². The van der Waals surface area contributed by atoms with Gasteiger partial charge >= 0.3 is 0 Å². The number of amides is 2. The minimum Gasteiger partial charge on any atom is -0.453 e. The van der Waals surface area contributed by atoms with Crippen molar-refractivity contribution in [1.29, 1.82) is 0 Å². The molecule has 0 atom stereocenters. The summed E-state index contributed by atoms with van der Waals surface area (Å²) in [6, 6.07) is 19.5. The summed E-state index contributed by atoms with van der Waals surface area (Å²) in [5.41, 5.74) is 1.11. The molecule has 2 amide bonds. The van der Waals surface area contributed by atoms with Crippen LogP contribution in [0.1, 0.15) is 20.7 Å². The molecule has 6 rings (SSSR count). The average molecular weight is 670 g/mol. The zero-order valence-corrected chi connectivity index (χ0v) is 25.6. The fourth-order valence-corrected chi connectivity index (χ4v) is 5.74. The van der Waals surface area contributed by atoms with Crippen molar-refractivity contribution < 1.29 is 33.3 Å². The SMILES string of the molecule is O=C(NC(CO)CO)c1ccc(-c2cc3nccc(Oc4ccc(NC(=O)c5ccnn(-c6ccc(F)cc6)c5=O)cc4F)c3s2)cc1. The lowest BCUT2D eigenvalue weighted by atomic mass is 10.1. The minimum absolute atomic E-state index is 0.0769. The fraction of sp³-hybridized carbons (Fsp3) is 0.0882. The van der Waals surface area contributed by atoms with E-state index in [0.717, 1.165) is 33.3 Å². The lowest BCUT2D eigenvalue weighted by molar-refractivity contribution is 0.0879. The molecule has 3 aromatic heterocycles. The number of halogens is 2. The number of aliphatic hydroxyl groups excluding tert-OH is 2.